The van der Waals surface area contributed by atoms with E-state index in [1.807, 2.05) is 25.1 Å². The summed E-state index contributed by atoms with van der Waals surface area (Å²) in [5.74, 6) is -0.205. The summed E-state index contributed by atoms with van der Waals surface area (Å²) in [7, 11) is 0. The predicted molar refractivity (Wildman–Crippen MR) is 95.7 cm³/mol. The normalized spacial score (nSPS) is 18.5. The summed E-state index contributed by atoms with van der Waals surface area (Å²) in [6.45, 7) is 3.14. The molecule has 4 rings (SSSR count). The van der Waals surface area contributed by atoms with Gasteiger partial charge in [0.1, 0.15) is 0 Å². The summed E-state index contributed by atoms with van der Waals surface area (Å²) in [5, 5.41) is 3.53. The number of nitrogens with zero attached hydrogens (tertiary/aromatic N) is 3. The van der Waals surface area contributed by atoms with Gasteiger partial charge in [-0.2, -0.15) is 0 Å². The molecular formula is C19H20N4O3. The maximum Gasteiger partial charge on any atom is 0.324 e. The van der Waals surface area contributed by atoms with Gasteiger partial charge in [-0.05, 0) is 49.6 Å². The number of carbonyl (C=O) groups is 3. The molecule has 2 aliphatic rings. The molecule has 0 spiro atoms. The van der Waals surface area contributed by atoms with Crippen molar-refractivity contribution < 1.29 is 14.4 Å². The Hall–Kier alpha value is -2.96. The quantitative estimate of drug-likeness (QED) is 0.834. The van der Waals surface area contributed by atoms with Crippen LogP contribution >= 0.6 is 0 Å². The van der Waals surface area contributed by atoms with Gasteiger partial charge in [0.2, 0.25) is 5.91 Å². The fourth-order valence-electron chi connectivity index (χ4n) is 3.73. The number of amides is 4. The van der Waals surface area contributed by atoms with Crippen LogP contribution in [0.2, 0.25) is 0 Å². The molecule has 0 unspecified atom stereocenters. The number of aromatic nitrogens is 1. The maximum absolute atomic E-state index is 12.9. The molecule has 7 nitrogen and oxygen atoms in total. The molecule has 2 saturated heterocycles. The molecule has 26 heavy (non-hydrogen) atoms. The minimum atomic E-state index is -0.322. The summed E-state index contributed by atoms with van der Waals surface area (Å²) >= 11 is 0. The third-order valence-corrected chi connectivity index (χ3v) is 5.20. The summed E-state index contributed by atoms with van der Waals surface area (Å²) in [5.41, 5.74) is 2.60. The lowest BCUT2D eigenvalue weighted by Gasteiger charge is -2.35. The molecule has 2 aliphatic heterocycles. The van der Waals surface area contributed by atoms with Crippen molar-refractivity contribution in [1.82, 2.24) is 20.1 Å². The first-order chi connectivity index (χ1) is 12.5. The van der Waals surface area contributed by atoms with Crippen LogP contribution in [0.5, 0.6) is 0 Å². The van der Waals surface area contributed by atoms with Crippen LogP contribution in [0.3, 0.4) is 0 Å². The zero-order valence-electron chi connectivity index (χ0n) is 14.6. The minimum absolute atomic E-state index is 0.0224. The molecule has 0 aliphatic carbocycles. The molecule has 2 aromatic rings. The van der Waals surface area contributed by atoms with E-state index in [0.717, 1.165) is 16.5 Å². The van der Waals surface area contributed by atoms with Gasteiger partial charge in [0, 0.05) is 36.3 Å². The number of hydrogen-bond donors (Lipinski definition) is 1. The van der Waals surface area contributed by atoms with Gasteiger partial charge < -0.3 is 10.2 Å². The maximum atomic E-state index is 12.9. The number of fused-ring (bicyclic) bond motifs is 1. The highest BCUT2D eigenvalue weighted by Crippen LogP contribution is 2.22. The van der Waals surface area contributed by atoms with E-state index in [9.17, 15) is 14.4 Å². The number of aryl methyl sites for hydroxylation is 1. The standard InChI is InChI=1S/C19H20N4O3/c1-12-4-7-20-16-3-2-13(10-15(12)16)18(25)22-8-5-14(6-9-22)23-17(24)11-21-19(23)26/h2-4,7,10,14H,5-6,8-9,11H2,1H3,(H,21,26). The lowest BCUT2D eigenvalue weighted by atomic mass is 10.0. The largest absolute Gasteiger partial charge is 0.338 e. The molecule has 0 bridgehead atoms. The van der Waals surface area contributed by atoms with Crippen molar-refractivity contribution in [2.45, 2.75) is 25.8 Å². The average molecular weight is 352 g/mol. The van der Waals surface area contributed by atoms with Crippen molar-refractivity contribution in [2.24, 2.45) is 0 Å². The number of piperidine rings is 1. The number of rotatable bonds is 2. The van der Waals surface area contributed by atoms with Crippen molar-refractivity contribution >= 4 is 28.7 Å². The molecule has 0 radical (unpaired) electrons. The van der Waals surface area contributed by atoms with E-state index in [2.05, 4.69) is 10.3 Å². The molecule has 4 amide bonds. The molecule has 0 atom stereocenters. The Balaban J connectivity index is 1.48. The van der Waals surface area contributed by atoms with Gasteiger partial charge >= 0.3 is 6.03 Å². The van der Waals surface area contributed by atoms with Crippen LogP contribution in [0.1, 0.15) is 28.8 Å². The second-order valence-corrected chi connectivity index (χ2v) is 6.81. The molecule has 134 valence electrons. The highest BCUT2D eigenvalue weighted by Gasteiger charge is 2.37. The van der Waals surface area contributed by atoms with Crippen molar-refractivity contribution in [3.05, 3.63) is 41.6 Å². The van der Waals surface area contributed by atoms with Crippen LogP contribution in [-0.2, 0) is 4.79 Å². The van der Waals surface area contributed by atoms with Gasteiger partial charge in [-0.1, -0.05) is 0 Å². The highest BCUT2D eigenvalue weighted by atomic mass is 16.2. The van der Waals surface area contributed by atoms with Gasteiger partial charge in [-0.3, -0.25) is 19.5 Å². The summed E-state index contributed by atoms with van der Waals surface area (Å²) in [6.07, 6.45) is 2.98. The number of imide groups is 1. The topological polar surface area (TPSA) is 82.6 Å². The van der Waals surface area contributed by atoms with Crippen LogP contribution in [0.15, 0.2) is 30.5 Å². The minimum Gasteiger partial charge on any atom is -0.338 e. The van der Waals surface area contributed by atoms with Crippen LogP contribution in [0.25, 0.3) is 10.9 Å². The Labute approximate surface area is 151 Å². The summed E-state index contributed by atoms with van der Waals surface area (Å²) in [6, 6.07) is 7.05. The molecule has 0 saturated carbocycles. The zero-order valence-corrected chi connectivity index (χ0v) is 14.6. The van der Waals surface area contributed by atoms with Gasteiger partial charge in [0.25, 0.3) is 5.91 Å². The summed E-state index contributed by atoms with van der Waals surface area (Å²) in [4.78, 5) is 43.9. The summed E-state index contributed by atoms with van der Waals surface area (Å²) < 4.78 is 0. The lowest BCUT2D eigenvalue weighted by molar-refractivity contribution is -0.127. The number of carbonyl (C=O) groups excluding carboxylic acids is 3. The van der Waals surface area contributed by atoms with Gasteiger partial charge in [0.05, 0.1) is 12.1 Å². The molecule has 3 heterocycles. The Kier molecular flexibility index (Phi) is 4.06. The Morgan fingerprint density at radius 3 is 2.65 bits per heavy atom. The average Bonchev–Trinajstić information content (AvgIpc) is 3.00. The van der Waals surface area contributed by atoms with Gasteiger partial charge in [0.15, 0.2) is 0 Å². The third-order valence-electron chi connectivity index (χ3n) is 5.20. The van der Waals surface area contributed by atoms with E-state index in [4.69, 9.17) is 0 Å². The first-order valence-electron chi connectivity index (χ1n) is 8.79. The highest BCUT2D eigenvalue weighted by molar-refractivity contribution is 6.02. The third kappa shape index (κ3) is 2.79. The Bertz CT molecular complexity index is 887. The Morgan fingerprint density at radius 2 is 1.96 bits per heavy atom. The lowest BCUT2D eigenvalue weighted by Crippen LogP contribution is -2.49. The molecule has 2 fully saturated rings. The molecule has 1 N–H and O–H groups in total. The number of hydrogen-bond acceptors (Lipinski definition) is 4. The van der Waals surface area contributed by atoms with E-state index in [1.165, 1.54) is 4.90 Å². The first kappa shape index (κ1) is 16.5. The molecular weight excluding hydrogens is 332 g/mol. The van der Waals surface area contributed by atoms with Crippen molar-refractivity contribution in [2.75, 3.05) is 19.6 Å². The fourth-order valence-corrected chi connectivity index (χ4v) is 3.73. The van der Waals surface area contributed by atoms with Crippen molar-refractivity contribution in [3.8, 4) is 0 Å². The second-order valence-electron chi connectivity index (χ2n) is 6.81. The second kappa shape index (κ2) is 6.40. The number of pyridine rings is 1. The number of nitrogens with one attached hydrogen (secondary N) is 1. The predicted octanol–water partition coefficient (Wildman–Crippen LogP) is 1.70. The zero-order chi connectivity index (χ0) is 18.3. The van der Waals surface area contributed by atoms with Crippen LogP contribution in [0, 0.1) is 6.92 Å². The van der Waals surface area contributed by atoms with E-state index in [-0.39, 0.29) is 30.4 Å². The number of benzene rings is 1. The van der Waals surface area contributed by atoms with Gasteiger partial charge in [-0.25, -0.2) is 4.79 Å². The van der Waals surface area contributed by atoms with E-state index in [0.29, 0.717) is 31.5 Å². The van der Waals surface area contributed by atoms with Gasteiger partial charge in [-0.15, -0.1) is 0 Å². The molecule has 1 aromatic heterocycles. The number of likely N-dealkylation sites (tertiary alicyclic amines) is 1. The van der Waals surface area contributed by atoms with Crippen molar-refractivity contribution in [3.63, 3.8) is 0 Å². The SMILES string of the molecule is Cc1ccnc2ccc(C(=O)N3CCC(N4C(=O)CNC4=O)CC3)cc12. The smallest absolute Gasteiger partial charge is 0.324 e. The number of urea groups is 1. The molecule has 1 aromatic carbocycles. The first-order valence-corrected chi connectivity index (χ1v) is 8.79. The molecule has 7 heteroatoms. The van der Waals surface area contributed by atoms with E-state index < -0.39 is 0 Å². The fraction of sp³-hybridized carbons (Fsp3) is 0.368. The monoisotopic (exact) mass is 352 g/mol. The van der Waals surface area contributed by atoms with Crippen LogP contribution in [-0.4, -0.2) is 58.3 Å². The Morgan fingerprint density at radius 1 is 1.19 bits per heavy atom. The van der Waals surface area contributed by atoms with E-state index >= 15 is 0 Å². The van der Waals surface area contributed by atoms with E-state index in [1.54, 1.807) is 17.2 Å². The van der Waals surface area contributed by atoms with Crippen molar-refractivity contribution in [1.29, 1.82) is 0 Å². The van der Waals surface area contributed by atoms with Crippen LogP contribution in [0.4, 0.5) is 4.79 Å². The van der Waals surface area contributed by atoms with Crippen LogP contribution < -0.4 is 5.32 Å².